The van der Waals surface area contributed by atoms with Crippen molar-refractivity contribution >= 4 is 0 Å². The van der Waals surface area contributed by atoms with Gasteiger partial charge in [0.1, 0.15) is 0 Å². The minimum Gasteiger partial charge on any atom is -0.327 e. The minimum absolute atomic E-state index is 0.377. The van der Waals surface area contributed by atoms with Crippen molar-refractivity contribution in [3.63, 3.8) is 0 Å². The summed E-state index contributed by atoms with van der Waals surface area (Å²) >= 11 is 0. The van der Waals surface area contributed by atoms with E-state index >= 15 is 0 Å². The Labute approximate surface area is 104 Å². The Hall–Kier alpha value is -0.930. The van der Waals surface area contributed by atoms with Gasteiger partial charge in [-0.25, -0.2) is 0 Å². The van der Waals surface area contributed by atoms with Crippen LogP contribution in [0.3, 0.4) is 0 Å². The van der Waals surface area contributed by atoms with E-state index in [-0.39, 0.29) is 0 Å². The predicted octanol–water partition coefficient (Wildman–Crippen LogP) is 1.68. The molecule has 2 rings (SSSR count). The van der Waals surface area contributed by atoms with E-state index in [1.807, 2.05) is 12.4 Å². The van der Waals surface area contributed by atoms with Crippen LogP contribution in [-0.4, -0.2) is 35.1 Å². The van der Waals surface area contributed by atoms with Crippen LogP contribution < -0.4 is 5.73 Å². The summed E-state index contributed by atoms with van der Waals surface area (Å²) in [7, 11) is 0. The molecule has 1 saturated heterocycles. The average molecular weight is 233 g/mol. The van der Waals surface area contributed by atoms with Crippen molar-refractivity contribution in [1.82, 2.24) is 9.88 Å². The SMILES string of the molecule is CC1C(N)CCN(CCc2ccncc2)C1C. The van der Waals surface area contributed by atoms with Crippen LogP contribution in [0.2, 0.25) is 0 Å². The van der Waals surface area contributed by atoms with Gasteiger partial charge in [-0.1, -0.05) is 6.92 Å². The number of rotatable bonds is 3. The second kappa shape index (κ2) is 5.61. The zero-order valence-corrected chi connectivity index (χ0v) is 10.8. The number of piperidine rings is 1. The quantitative estimate of drug-likeness (QED) is 0.863. The molecule has 1 aromatic heterocycles. The van der Waals surface area contributed by atoms with Crippen LogP contribution in [0.1, 0.15) is 25.8 Å². The summed E-state index contributed by atoms with van der Waals surface area (Å²) in [5, 5.41) is 0. The number of hydrogen-bond acceptors (Lipinski definition) is 3. The average Bonchev–Trinajstić information content (AvgIpc) is 2.36. The molecule has 0 amide bonds. The molecule has 1 aliphatic rings. The highest BCUT2D eigenvalue weighted by molar-refractivity contribution is 5.10. The zero-order valence-electron chi connectivity index (χ0n) is 10.8. The number of aromatic nitrogens is 1. The highest BCUT2D eigenvalue weighted by Crippen LogP contribution is 2.22. The summed E-state index contributed by atoms with van der Waals surface area (Å²) in [5.74, 6) is 0.598. The van der Waals surface area contributed by atoms with Crippen molar-refractivity contribution in [2.45, 2.75) is 38.8 Å². The van der Waals surface area contributed by atoms with E-state index in [1.54, 1.807) is 0 Å². The van der Waals surface area contributed by atoms with Gasteiger partial charge in [-0.2, -0.15) is 0 Å². The normalized spacial score (nSPS) is 30.4. The largest absolute Gasteiger partial charge is 0.327 e. The van der Waals surface area contributed by atoms with E-state index in [1.165, 1.54) is 5.56 Å². The molecule has 1 aromatic rings. The van der Waals surface area contributed by atoms with Gasteiger partial charge >= 0.3 is 0 Å². The lowest BCUT2D eigenvalue weighted by Crippen LogP contribution is -2.52. The first-order chi connectivity index (χ1) is 8.18. The minimum atomic E-state index is 0.377. The Bertz CT molecular complexity index is 339. The summed E-state index contributed by atoms with van der Waals surface area (Å²) in [4.78, 5) is 6.61. The van der Waals surface area contributed by atoms with Crippen molar-refractivity contribution in [2.75, 3.05) is 13.1 Å². The van der Waals surface area contributed by atoms with Crippen molar-refractivity contribution < 1.29 is 0 Å². The van der Waals surface area contributed by atoms with Gasteiger partial charge in [0.2, 0.25) is 0 Å². The van der Waals surface area contributed by atoms with Crippen LogP contribution >= 0.6 is 0 Å². The topological polar surface area (TPSA) is 42.1 Å². The Morgan fingerprint density at radius 2 is 2.06 bits per heavy atom. The van der Waals surface area contributed by atoms with Crippen LogP contribution in [0.4, 0.5) is 0 Å². The third kappa shape index (κ3) is 3.05. The Balaban J connectivity index is 1.87. The number of hydrogen-bond donors (Lipinski definition) is 1. The molecule has 3 atom stereocenters. The van der Waals surface area contributed by atoms with Gasteiger partial charge in [0, 0.05) is 31.0 Å². The molecular weight excluding hydrogens is 210 g/mol. The molecule has 0 aromatic carbocycles. The number of likely N-dealkylation sites (tertiary alicyclic amines) is 1. The fourth-order valence-electron chi connectivity index (χ4n) is 2.61. The van der Waals surface area contributed by atoms with Crippen LogP contribution in [0.15, 0.2) is 24.5 Å². The first-order valence-electron chi connectivity index (χ1n) is 6.57. The predicted molar refractivity (Wildman–Crippen MR) is 70.7 cm³/mol. The molecule has 2 N–H and O–H groups in total. The lowest BCUT2D eigenvalue weighted by Gasteiger charge is -2.41. The van der Waals surface area contributed by atoms with Crippen LogP contribution in [-0.2, 0) is 6.42 Å². The number of pyridine rings is 1. The molecular formula is C14H23N3. The van der Waals surface area contributed by atoms with E-state index in [4.69, 9.17) is 5.73 Å². The standard InChI is InChI=1S/C14H23N3/c1-11-12(2)17(10-6-14(11)15)9-5-13-3-7-16-8-4-13/h3-4,7-8,11-12,14H,5-6,9-10,15H2,1-2H3. The maximum atomic E-state index is 6.10. The Kier molecular flexibility index (Phi) is 4.13. The summed E-state index contributed by atoms with van der Waals surface area (Å²) in [6, 6.07) is 5.18. The van der Waals surface area contributed by atoms with Gasteiger partial charge in [0.15, 0.2) is 0 Å². The molecule has 3 nitrogen and oxygen atoms in total. The van der Waals surface area contributed by atoms with Crippen LogP contribution in [0.25, 0.3) is 0 Å². The number of nitrogens with two attached hydrogens (primary N) is 1. The van der Waals surface area contributed by atoms with E-state index in [0.29, 0.717) is 18.0 Å². The second-order valence-corrected chi connectivity index (χ2v) is 5.19. The Morgan fingerprint density at radius 1 is 1.35 bits per heavy atom. The molecule has 0 bridgehead atoms. The maximum Gasteiger partial charge on any atom is 0.0270 e. The molecule has 0 aliphatic carbocycles. The van der Waals surface area contributed by atoms with Gasteiger partial charge in [-0.15, -0.1) is 0 Å². The van der Waals surface area contributed by atoms with E-state index in [2.05, 4.69) is 35.9 Å². The van der Waals surface area contributed by atoms with Crippen molar-refractivity contribution in [3.8, 4) is 0 Å². The molecule has 0 saturated carbocycles. The van der Waals surface area contributed by atoms with Crippen molar-refractivity contribution in [1.29, 1.82) is 0 Å². The third-order valence-corrected chi connectivity index (χ3v) is 4.20. The first kappa shape index (κ1) is 12.5. The van der Waals surface area contributed by atoms with E-state index in [9.17, 15) is 0 Å². The smallest absolute Gasteiger partial charge is 0.0270 e. The lowest BCUT2D eigenvalue weighted by molar-refractivity contribution is 0.0993. The monoisotopic (exact) mass is 233 g/mol. The zero-order chi connectivity index (χ0) is 12.3. The molecule has 0 spiro atoms. The fourth-order valence-corrected chi connectivity index (χ4v) is 2.61. The summed E-state index contributed by atoms with van der Waals surface area (Å²) in [6.07, 6.45) is 5.97. The molecule has 2 heterocycles. The molecule has 3 heteroatoms. The van der Waals surface area contributed by atoms with E-state index in [0.717, 1.165) is 25.9 Å². The third-order valence-electron chi connectivity index (χ3n) is 4.20. The molecule has 17 heavy (non-hydrogen) atoms. The van der Waals surface area contributed by atoms with Crippen LogP contribution in [0.5, 0.6) is 0 Å². The first-order valence-corrected chi connectivity index (χ1v) is 6.57. The van der Waals surface area contributed by atoms with Crippen molar-refractivity contribution in [2.24, 2.45) is 11.7 Å². The van der Waals surface area contributed by atoms with Gasteiger partial charge in [0.05, 0.1) is 0 Å². The highest BCUT2D eigenvalue weighted by Gasteiger charge is 2.29. The number of nitrogens with zero attached hydrogens (tertiary/aromatic N) is 2. The summed E-state index contributed by atoms with van der Waals surface area (Å²) in [5.41, 5.74) is 7.47. The summed E-state index contributed by atoms with van der Waals surface area (Å²) < 4.78 is 0. The van der Waals surface area contributed by atoms with Gasteiger partial charge < -0.3 is 5.73 Å². The molecule has 3 unspecified atom stereocenters. The van der Waals surface area contributed by atoms with Gasteiger partial charge in [-0.3, -0.25) is 9.88 Å². The van der Waals surface area contributed by atoms with Crippen LogP contribution in [0, 0.1) is 5.92 Å². The fraction of sp³-hybridized carbons (Fsp3) is 0.643. The molecule has 0 radical (unpaired) electrons. The highest BCUT2D eigenvalue weighted by atomic mass is 15.2. The van der Waals surface area contributed by atoms with E-state index < -0.39 is 0 Å². The van der Waals surface area contributed by atoms with Gasteiger partial charge in [0.25, 0.3) is 0 Å². The Morgan fingerprint density at radius 3 is 2.76 bits per heavy atom. The maximum absolute atomic E-state index is 6.10. The molecule has 94 valence electrons. The molecule has 1 fully saturated rings. The molecule has 1 aliphatic heterocycles. The summed E-state index contributed by atoms with van der Waals surface area (Å²) in [6.45, 7) is 6.84. The van der Waals surface area contributed by atoms with Crippen molar-refractivity contribution in [3.05, 3.63) is 30.1 Å². The second-order valence-electron chi connectivity index (χ2n) is 5.19. The van der Waals surface area contributed by atoms with Gasteiger partial charge in [-0.05, 0) is 49.9 Å². The lowest BCUT2D eigenvalue weighted by atomic mass is 9.87.